The van der Waals surface area contributed by atoms with E-state index in [1.54, 1.807) is 0 Å². The van der Waals surface area contributed by atoms with Gasteiger partial charge in [-0.1, -0.05) is 0 Å². The highest BCUT2D eigenvalue weighted by molar-refractivity contribution is 5.83. The van der Waals surface area contributed by atoms with Crippen molar-refractivity contribution in [3.63, 3.8) is 0 Å². The van der Waals surface area contributed by atoms with Gasteiger partial charge in [-0.15, -0.1) is 0 Å². The number of carbonyl (C=O) groups is 1. The van der Waals surface area contributed by atoms with Crippen molar-refractivity contribution in [3.8, 4) is 0 Å². The number of amides is 1. The molecular weight excluding hydrogens is 182 g/mol. The smallest absolute Gasteiger partial charge is 0.305 e. The van der Waals surface area contributed by atoms with E-state index in [1.807, 2.05) is 0 Å². The molecule has 1 amide bonds. The lowest BCUT2D eigenvalue weighted by molar-refractivity contribution is -0.397. The number of ether oxygens (including phenoxy) is 1. The van der Waals surface area contributed by atoms with Crippen molar-refractivity contribution >= 4 is 5.91 Å². The molecule has 0 aromatic heterocycles. The normalized spacial score (nSPS) is 38.6. The van der Waals surface area contributed by atoms with Crippen LogP contribution in [0, 0.1) is 0 Å². The Hall–Kier alpha value is -0.730. The van der Waals surface area contributed by atoms with Gasteiger partial charge in [0.1, 0.15) is 6.10 Å². The third kappa shape index (κ3) is 1.30. The molecule has 2 atom stereocenters. The molecule has 0 aliphatic carbocycles. The summed E-state index contributed by atoms with van der Waals surface area (Å²) in [6.07, 6.45) is -1.79. The second-order valence-corrected chi connectivity index (χ2v) is 2.89. The van der Waals surface area contributed by atoms with Gasteiger partial charge in [0.15, 0.2) is 0 Å². The van der Waals surface area contributed by atoms with Crippen LogP contribution in [0.25, 0.3) is 0 Å². The maximum absolute atomic E-state index is 10.7. The molecule has 6 N–H and O–H groups in total. The van der Waals surface area contributed by atoms with Crippen LogP contribution in [0.5, 0.6) is 0 Å². The topological polar surface area (TPSA) is 133 Å². The molecule has 2 unspecified atom stereocenters. The first-order chi connectivity index (χ1) is 5.82. The van der Waals surface area contributed by atoms with E-state index in [9.17, 15) is 9.90 Å². The average Bonchev–Trinajstić information content (AvgIpc) is 2.00. The third-order valence-electron chi connectivity index (χ3n) is 2.00. The molecule has 0 spiro atoms. The molecule has 0 bridgehead atoms. The second kappa shape index (κ2) is 2.89. The highest BCUT2D eigenvalue weighted by Gasteiger charge is 2.61. The fraction of sp³-hybridized carbons (Fsp3) is 0.833. The third-order valence-corrected chi connectivity index (χ3v) is 2.00. The van der Waals surface area contributed by atoms with Crippen molar-refractivity contribution in [1.29, 1.82) is 0 Å². The van der Waals surface area contributed by atoms with Gasteiger partial charge < -0.3 is 30.9 Å². The average molecular weight is 193 g/mol. The minimum atomic E-state index is -3.07. The van der Waals surface area contributed by atoms with Crippen LogP contribution < -0.4 is 5.73 Å². The molecule has 0 saturated carbocycles. The summed E-state index contributed by atoms with van der Waals surface area (Å²) < 4.78 is 4.43. The molecule has 1 fully saturated rings. The molecule has 1 heterocycles. The maximum atomic E-state index is 10.7. The van der Waals surface area contributed by atoms with E-state index in [-0.39, 0.29) is 13.0 Å². The van der Waals surface area contributed by atoms with Gasteiger partial charge in [-0.25, -0.2) is 0 Å². The monoisotopic (exact) mass is 193 g/mol. The first kappa shape index (κ1) is 10.4. The number of hydrogen-bond acceptors (Lipinski definition) is 6. The molecule has 7 heteroatoms. The Bertz CT molecular complexity index is 229. The Morgan fingerprint density at radius 1 is 1.46 bits per heavy atom. The summed E-state index contributed by atoms with van der Waals surface area (Å²) in [5, 5.41) is 36.7. The van der Waals surface area contributed by atoms with E-state index in [1.165, 1.54) is 0 Å². The van der Waals surface area contributed by atoms with Gasteiger partial charge in [-0.3, -0.25) is 4.79 Å². The lowest BCUT2D eigenvalue weighted by Crippen LogP contribution is -2.71. The molecule has 0 radical (unpaired) electrons. The Morgan fingerprint density at radius 3 is 2.38 bits per heavy atom. The van der Waals surface area contributed by atoms with Crippen LogP contribution in [0.1, 0.15) is 6.42 Å². The van der Waals surface area contributed by atoms with Gasteiger partial charge in [0.2, 0.25) is 0 Å². The zero-order valence-electron chi connectivity index (χ0n) is 6.67. The molecule has 1 aliphatic rings. The largest absolute Gasteiger partial charge is 0.387 e. The predicted octanol–water partition coefficient (Wildman–Crippen LogP) is -3.38. The fourth-order valence-corrected chi connectivity index (χ4v) is 1.10. The molecular formula is C6H11NO6. The van der Waals surface area contributed by atoms with E-state index in [2.05, 4.69) is 4.74 Å². The summed E-state index contributed by atoms with van der Waals surface area (Å²) in [6.45, 7) is -0.191. The van der Waals surface area contributed by atoms with Crippen LogP contribution in [0.2, 0.25) is 0 Å². The molecule has 1 rings (SSSR count). The van der Waals surface area contributed by atoms with Crippen molar-refractivity contribution in [3.05, 3.63) is 0 Å². The van der Waals surface area contributed by atoms with Gasteiger partial charge in [0, 0.05) is 6.42 Å². The number of hydrogen-bond donors (Lipinski definition) is 5. The summed E-state index contributed by atoms with van der Waals surface area (Å²) in [5.41, 5.74) is 4.69. The van der Waals surface area contributed by atoms with Gasteiger partial charge in [0.05, 0.1) is 6.61 Å². The lowest BCUT2D eigenvalue weighted by atomic mass is 9.94. The van der Waals surface area contributed by atoms with Crippen molar-refractivity contribution in [2.24, 2.45) is 5.73 Å². The Balaban J connectivity index is 3.02. The van der Waals surface area contributed by atoms with Crippen molar-refractivity contribution in [2.75, 3.05) is 6.61 Å². The van der Waals surface area contributed by atoms with Crippen LogP contribution in [0.15, 0.2) is 0 Å². The van der Waals surface area contributed by atoms with Crippen LogP contribution in [0.3, 0.4) is 0 Å². The number of primary amides is 1. The molecule has 76 valence electrons. The summed E-state index contributed by atoms with van der Waals surface area (Å²) in [6, 6.07) is 0. The predicted molar refractivity (Wildman–Crippen MR) is 37.9 cm³/mol. The van der Waals surface area contributed by atoms with Crippen LogP contribution >= 0.6 is 0 Å². The quantitative estimate of drug-likeness (QED) is 0.276. The van der Waals surface area contributed by atoms with Crippen LogP contribution in [-0.4, -0.2) is 50.6 Å². The maximum Gasteiger partial charge on any atom is 0.305 e. The summed E-state index contributed by atoms with van der Waals surface area (Å²) in [4.78, 5) is 10.7. The number of nitrogens with two attached hydrogens (primary N) is 1. The summed E-state index contributed by atoms with van der Waals surface area (Å²) in [5.74, 6) is -7.49. The second-order valence-electron chi connectivity index (χ2n) is 2.89. The number of aliphatic hydroxyl groups excluding tert-OH is 1. The molecule has 1 aliphatic heterocycles. The lowest BCUT2D eigenvalue weighted by Gasteiger charge is -2.42. The standard InChI is InChI=1S/C6H11NO6/c7-4(9)6(12)5(10,11)3(8)1-2-13-6/h3,8,10-12H,1-2H2,(H2,7,9). The zero-order chi connectivity index (χ0) is 10.3. The minimum absolute atomic E-state index is 0.109. The van der Waals surface area contributed by atoms with Crippen LogP contribution in [-0.2, 0) is 9.53 Å². The van der Waals surface area contributed by atoms with E-state index in [0.29, 0.717) is 0 Å². The fourth-order valence-electron chi connectivity index (χ4n) is 1.10. The number of carbonyl (C=O) groups excluding carboxylic acids is 1. The zero-order valence-corrected chi connectivity index (χ0v) is 6.67. The van der Waals surface area contributed by atoms with Gasteiger partial charge in [0.25, 0.3) is 11.7 Å². The number of aliphatic hydroxyl groups is 4. The first-order valence-electron chi connectivity index (χ1n) is 3.61. The highest BCUT2D eigenvalue weighted by Crippen LogP contribution is 2.30. The Labute approximate surface area is 73.4 Å². The first-order valence-corrected chi connectivity index (χ1v) is 3.61. The van der Waals surface area contributed by atoms with E-state index in [0.717, 1.165) is 0 Å². The SMILES string of the molecule is NC(=O)C1(O)OCCC(O)C1(O)O. The number of rotatable bonds is 1. The van der Waals surface area contributed by atoms with Crippen molar-refractivity contribution in [2.45, 2.75) is 24.1 Å². The van der Waals surface area contributed by atoms with Gasteiger partial charge in [-0.2, -0.15) is 0 Å². The van der Waals surface area contributed by atoms with Crippen molar-refractivity contribution in [1.82, 2.24) is 0 Å². The molecule has 1 saturated heterocycles. The molecule has 0 aromatic rings. The van der Waals surface area contributed by atoms with E-state index < -0.39 is 23.6 Å². The van der Waals surface area contributed by atoms with Crippen LogP contribution in [0.4, 0.5) is 0 Å². The molecule has 13 heavy (non-hydrogen) atoms. The summed E-state index contributed by atoms with van der Waals surface area (Å²) >= 11 is 0. The van der Waals surface area contributed by atoms with Gasteiger partial charge in [-0.05, 0) is 0 Å². The summed E-state index contributed by atoms with van der Waals surface area (Å²) in [7, 11) is 0. The van der Waals surface area contributed by atoms with E-state index >= 15 is 0 Å². The van der Waals surface area contributed by atoms with Gasteiger partial charge >= 0.3 is 5.79 Å². The minimum Gasteiger partial charge on any atom is -0.387 e. The highest BCUT2D eigenvalue weighted by atomic mass is 16.7. The Morgan fingerprint density at radius 2 is 2.00 bits per heavy atom. The Kier molecular flexibility index (Phi) is 2.30. The van der Waals surface area contributed by atoms with Crippen molar-refractivity contribution < 1.29 is 30.0 Å². The molecule has 0 aromatic carbocycles. The molecule has 7 nitrogen and oxygen atoms in total. The van der Waals surface area contributed by atoms with E-state index in [4.69, 9.17) is 21.1 Å².